The number of hydrogen-bond acceptors (Lipinski definition) is 6. The van der Waals surface area contributed by atoms with Crippen LogP contribution in [0, 0.1) is 11.8 Å². The topological polar surface area (TPSA) is 142 Å². The van der Waals surface area contributed by atoms with Gasteiger partial charge in [-0.25, -0.2) is 0 Å². The van der Waals surface area contributed by atoms with E-state index in [0.29, 0.717) is 24.2 Å². The first kappa shape index (κ1) is 30.4. The van der Waals surface area contributed by atoms with Crippen molar-refractivity contribution >= 4 is 23.6 Å². The third-order valence-corrected chi connectivity index (χ3v) is 6.06. The van der Waals surface area contributed by atoms with Gasteiger partial charge in [0.1, 0.15) is 12.1 Å². The summed E-state index contributed by atoms with van der Waals surface area (Å²) in [7, 11) is 0. The average Bonchev–Trinajstić information content (AvgIpc) is 2.91. The van der Waals surface area contributed by atoms with Gasteiger partial charge in [0.05, 0.1) is 0 Å². The molecule has 4 N–H and O–H groups in total. The second-order valence-electron chi connectivity index (χ2n) is 9.86. The van der Waals surface area contributed by atoms with E-state index in [1.807, 2.05) is 27.7 Å². The van der Waals surface area contributed by atoms with Gasteiger partial charge in [-0.05, 0) is 48.9 Å². The highest BCUT2D eigenvalue weighted by Crippen LogP contribution is 2.07. The Balaban J connectivity index is 1.64. The zero-order valence-electron chi connectivity index (χ0n) is 22.7. The average molecular weight is 525 g/mol. The Labute approximate surface area is 224 Å². The van der Waals surface area contributed by atoms with E-state index in [-0.39, 0.29) is 35.5 Å². The van der Waals surface area contributed by atoms with Crippen molar-refractivity contribution in [2.75, 3.05) is 13.1 Å². The molecule has 2 aromatic rings. The molecule has 0 aromatic carbocycles. The Morgan fingerprint density at radius 3 is 1.26 bits per heavy atom. The minimum Gasteiger partial charge on any atom is -0.354 e. The maximum absolute atomic E-state index is 12.6. The maximum atomic E-state index is 12.6. The zero-order valence-corrected chi connectivity index (χ0v) is 22.7. The van der Waals surface area contributed by atoms with Gasteiger partial charge in [0.25, 0.3) is 11.8 Å². The molecule has 0 spiro atoms. The van der Waals surface area contributed by atoms with Gasteiger partial charge in [-0.15, -0.1) is 0 Å². The lowest BCUT2D eigenvalue weighted by atomic mass is 10.0. The van der Waals surface area contributed by atoms with Crippen LogP contribution >= 0.6 is 0 Å². The van der Waals surface area contributed by atoms with E-state index in [1.54, 1.807) is 24.3 Å². The Hall–Kier alpha value is -3.82. The number of hydrogen-bond donors (Lipinski definition) is 4. The summed E-state index contributed by atoms with van der Waals surface area (Å²) in [6, 6.07) is 5.17. The fourth-order valence-electron chi connectivity index (χ4n) is 3.77. The Morgan fingerprint density at radius 1 is 0.605 bits per heavy atom. The standard InChI is InChI=1S/C28H40N6O4/c1-19(2)23(33-25(35)21-9-15-29-16-10-21)27(37)31-13-7-5-6-8-14-32-28(38)24(20(3)4)34-26(36)22-11-17-30-18-12-22/h9-12,15-20,23-24H,5-8,13-14H2,1-4H3,(H,31,37)(H,32,38)(H,33,35)(H,34,36)/t23-,24-/m0/s1. The summed E-state index contributed by atoms with van der Waals surface area (Å²) in [5, 5.41) is 11.4. The predicted octanol–water partition coefficient (Wildman–Crippen LogP) is 2.48. The molecule has 38 heavy (non-hydrogen) atoms. The van der Waals surface area contributed by atoms with Crippen molar-refractivity contribution in [1.29, 1.82) is 0 Å². The molecule has 0 aliphatic heterocycles. The first-order valence-electron chi connectivity index (χ1n) is 13.2. The predicted molar refractivity (Wildman–Crippen MR) is 145 cm³/mol. The minimum atomic E-state index is -0.626. The van der Waals surface area contributed by atoms with Crippen molar-refractivity contribution < 1.29 is 19.2 Å². The number of amides is 4. The molecular formula is C28H40N6O4. The molecule has 10 nitrogen and oxygen atoms in total. The summed E-state index contributed by atoms with van der Waals surface area (Å²) >= 11 is 0. The molecule has 2 heterocycles. The van der Waals surface area contributed by atoms with Gasteiger partial charge in [-0.1, -0.05) is 40.5 Å². The number of unbranched alkanes of at least 4 members (excludes halogenated alkanes) is 3. The van der Waals surface area contributed by atoms with E-state index in [2.05, 4.69) is 31.2 Å². The molecule has 0 saturated carbocycles. The van der Waals surface area contributed by atoms with Gasteiger partial charge in [0, 0.05) is 49.0 Å². The van der Waals surface area contributed by atoms with E-state index < -0.39 is 12.1 Å². The number of nitrogens with one attached hydrogen (secondary N) is 4. The molecule has 10 heteroatoms. The second kappa shape index (κ2) is 16.1. The highest BCUT2D eigenvalue weighted by Gasteiger charge is 2.25. The highest BCUT2D eigenvalue weighted by molar-refractivity contribution is 5.98. The molecule has 2 rings (SSSR count). The molecular weight excluding hydrogens is 484 g/mol. The van der Waals surface area contributed by atoms with Crippen LogP contribution in [0.1, 0.15) is 74.1 Å². The van der Waals surface area contributed by atoms with Crippen molar-refractivity contribution in [1.82, 2.24) is 31.2 Å². The smallest absolute Gasteiger partial charge is 0.252 e. The van der Waals surface area contributed by atoms with Gasteiger partial charge in [0.2, 0.25) is 11.8 Å². The number of rotatable bonds is 15. The van der Waals surface area contributed by atoms with Crippen LogP contribution in [-0.2, 0) is 9.59 Å². The number of nitrogens with zero attached hydrogens (tertiary/aromatic N) is 2. The van der Waals surface area contributed by atoms with Gasteiger partial charge in [-0.2, -0.15) is 0 Å². The lowest BCUT2D eigenvalue weighted by molar-refractivity contribution is -0.124. The summed E-state index contributed by atoms with van der Waals surface area (Å²) in [6.07, 6.45) is 9.50. The summed E-state index contributed by atoms with van der Waals surface area (Å²) in [6.45, 7) is 8.57. The largest absolute Gasteiger partial charge is 0.354 e. The second-order valence-corrected chi connectivity index (χ2v) is 9.86. The van der Waals surface area contributed by atoms with Crippen LogP contribution in [0.2, 0.25) is 0 Å². The Bertz CT molecular complexity index is 947. The van der Waals surface area contributed by atoms with E-state index in [0.717, 1.165) is 25.7 Å². The highest BCUT2D eigenvalue weighted by atomic mass is 16.2. The normalized spacial score (nSPS) is 12.5. The van der Waals surface area contributed by atoms with Crippen molar-refractivity contribution in [3.63, 3.8) is 0 Å². The molecule has 2 atom stereocenters. The minimum absolute atomic E-state index is 0.0615. The molecule has 2 aromatic heterocycles. The van der Waals surface area contributed by atoms with Gasteiger partial charge < -0.3 is 21.3 Å². The van der Waals surface area contributed by atoms with E-state index >= 15 is 0 Å². The van der Waals surface area contributed by atoms with Crippen LogP contribution < -0.4 is 21.3 Å². The summed E-state index contributed by atoms with van der Waals surface area (Å²) < 4.78 is 0. The first-order chi connectivity index (χ1) is 18.2. The van der Waals surface area contributed by atoms with Crippen LogP contribution in [0.5, 0.6) is 0 Å². The van der Waals surface area contributed by atoms with E-state index in [1.165, 1.54) is 24.8 Å². The third-order valence-electron chi connectivity index (χ3n) is 6.06. The molecule has 206 valence electrons. The molecule has 0 bridgehead atoms. The van der Waals surface area contributed by atoms with Crippen molar-refractivity contribution in [3.8, 4) is 0 Å². The quantitative estimate of drug-likeness (QED) is 0.264. The maximum Gasteiger partial charge on any atom is 0.252 e. The van der Waals surface area contributed by atoms with Crippen LogP contribution in [-0.4, -0.2) is 58.8 Å². The van der Waals surface area contributed by atoms with Crippen LogP contribution in [0.4, 0.5) is 0 Å². The molecule has 4 amide bonds. The Kier molecular flexibility index (Phi) is 12.9. The first-order valence-corrected chi connectivity index (χ1v) is 13.2. The van der Waals surface area contributed by atoms with Gasteiger partial charge in [-0.3, -0.25) is 29.1 Å². The molecule has 0 aliphatic rings. The molecule has 0 saturated heterocycles. The molecule has 0 radical (unpaired) electrons. The summed E-state index contributed by atoms with van der Waals surface area (Å²) in [5.74, 6) is -1.15. The SMILES string of the molecule is CC(C)[C@H](NC(=O)c1ccncc1)C(=O)NCCCCCCNC(=O)[C@@H](NC(=O)c1ccncc1)C(C)C. The number of aromatic nitrogens is 2. The van der Waals surface area contributed by atoms with Crippen molar-refractivity contribution in [3.05, 3.63) is 60.2 Å². The van der Waals surface area contributed by atoms with Crippen LogP contribution in [0.15, 0.2) is 49.1 Å². The van der Waals surface area contributed by atoms with Gasteiger partial charge >= 0.3 is 0 Å². The third kappa shape index (κ3) is 10.3. The van der Waals surface area contributed by atoms with Crippen LogP contribution in [0.25, 0.3) is 0 Å². The van der Waals surface area contributed by atoms with E-state index in [9.17, 15) is 19.2 Å². The fraction of sp³-hybridized carbons (Fsp3) is 0.500. The number of pyridine rings is 2. The summed E-state index contributed by atoms with van der Waals surface area (Å²) in [5.41, 5.74) is 0.919. The van der Waals surface area contributed by atoms with E-state index in [4.69, 9.17) is 0 Å². The van der Waals surface area contributed by atoms with Crippen molar-refractivity contribution in [2.24, 2.45) is 11.8 Å². The van der Waals surface area contributed by atoms with Crippen LogP contribution in [0.3, 0.4) is 0 Å². The fourth-order valence-corrected chi connectivity index (χ4v) is 3.77. The lowest BCUT2D eigenvalue weighted by Crippen LogP contribution is -2.50. The molecule has 0 aliphatic carbocycles. The lowest BCUT2D eigenvalue weighted by Gasteiger charge is -2.22. The van der Waals surface area contributed by atoms with Gasteiger partial charge in [0.15, 0.2) is 0 Å². The van der Waals surface area contributed by atoms with Crippen molar-refractivity contribution in [2.45, 2.75) is 65.5 Å². The molecule has 0 fully saturated rings. The Morgan fingerprint density at radius 2 is 0.947 bits per heavy atom. The summed E-state index contributed by atoms with van der Waals surface area (Å²) in [4.78, 5) is 57.9. The number of carbonyl (C=O) groups excluding carboxylic acids is 4. The zero-order chi connectivity index (χ0) is 27.9. The number of carbonyl (C=O) groups is 4. The molecule has 0 unspecified atom stereocenters. The monoisotopic (exact) mass is 524 g/mol.